The Morgan fingerprint density at radius 2 is 0.436 bits per heavy atom. The molecule has 6 nitrogen and oxygen atoms in total. The second kappa shape index (κ2) is 56.2. The van der Waals surface area contributed by atoms with Crippen LogP contribution in [0, 0.1) is 0 Å². The van der Waals surface area contributed by atoms with Gasteiger partial charge in [-0.2, -0.15) is 0 Å². The number of nitrogens with one attached hydrogen (secondary N) is 2. The summed E-state index contributed by atoms with van der Waals surface area (Å²) in [5.74, 6) is -2.02. The number of carbonyl (C=O) groups excluding carboxylic acids is 2. The van der Waals surface area contributed by atoms with Crippen LogP contribution in [0.2, 0.25) is 0 Å². The first-order valence-corrected chi connectivity index (χ1v) is 24.4. The van der Waals surface area contributed by atoms with Crippen molar-refractivity contribution in [3.8, 4) is 0 Å². The molecule has 0 amide bonds. The van der Waals surface area contributed by atoms with Gasteiger partial charge in [0.05, 0.1) is 11.9 Å². The largest absolute Gasteiger partial charge is 2.00 e. The first kappa shape index (κ1) is 59.4. The average Bonchev–Trinajstić information content (AvgIpc) is 3.15. The third kappa shape index (κ3) is 63.5. The second-order valence-corrected chi connectivity index (χ2v) is 16.5. The summed E-state index contributed by atoms with van der Waals surface area (Å²) in [7, 11) is 0. The van der Waals surface area contributed by atoms with Crippen LogP contribution in [0.25, 0.3) is 0 Å². The van der Waals surface area contributed by atoms with E-state index in [-0.39, 0.29) is 50.8 Å². The van der Waals surface area contributed by atoms with Gasteiger partial charge in [-0.1, -0.05) is 258 Å². The predicted molar refractivity (Wildman–Crippen MR) is 238 cm³/mol. The molecule has 0 aliphatic heterocycles. The van der Waals surface area contributed by atoms with E-state index in [1.54, 1.807) is 0 Å². The zero-order chi connectivity index (χ0) is 39.7. The Hall–Kier alpha value is 0.120. The fourth-order valence-corrected chi connectivity index (χ4v) is 7.39. The van der Waals surface area contributed by atoms with Crippen molar-refractivity contribution in [3.05, 3.63) is 0 Å². The molecule has 0 unspecified atom stereocenters. The number of rotatable bonds is 46. The third-order valence-corrected chi connectivity index (χ3v) is 11.0. The molecule has 0 aromatic carbocycles. The van der Waals surface area contributed by atoms with Gasteiger partial charge in [0.25, 0.3) is 0 Å². The normalized spacial score (nSPS) is 10.9. The maximum atomic E-state index is 10.2. The van der Waals surface area contributed by atoms with Crippen LogP contribution in [0.3, 0.4) is 0 Å². The van der Waals surface area contributed by atoms with Crippen LogP contribution in [0.1, 0.15) is 271 Å². The van der Waals surface area contributed by atoms with E-state index in [4.69, 9.17) is 0 Å². The molecule has 0 aliphatic carbocycles. The maximum absolute atomic E-state index is 10.2. The quantitative estimate of drug-likeness (QED) is 0.0469. The van der Waals surface area contributed by atoms with Crippen molar-refractivity contribution in [1.82, 2.24) is 10.6 Å². The van der Waals surface area contributed by atoms with Crippen LogP contribution in [-0.4, -0.2) is 75.9 Å². The molecule has 0 rings (SSSR count). The van der Waals surface area contributed by atoms with Gasteiger partial charge in [0.15, 0.2) is 0 Å². The van der Waals surface area contributed by atoms with E-state index in [1.807, 2.05) is 0 Å². The molecule has 324 valence electrons. The zero-order valence-corrected chi connectivity index (χ0v) is 39.7. The van der Waals surface area contributed by atoms with E-state index in [0.717, 1.165) is 25.9 Å². The molecule has 0 aromatic rings. The fraction of sp³-hybridized carbons (Fsp3) is 0.958. The second-order valence-electron chi connectivity index (χ2n) is 16.5. The van der Waals surface area contributed by atoms with Crippen LogP contribution in [-0.2, 0) is 9.59 Å². The van der Waals surface area contributed by atoms with E-state index in [1.165, 1.54) is 244 Å². The van der Waals surface area contributed by atoms with Crippen LogP contribution >= 0.6 is 0 Å². The van der Waals surface area contributed by atoms with Crippen molar-refractivity contribution < 1.29 is 19.8 Å². The molecule has 55 heavy (non-hydrogen) atoms. The topological polar surface area (TPSA) is 104 Å². The molecule has 0 spiro atoms. The Labute approximate surface area is 374 Å². The smallest absolute Gasteiger partial charge is 0.549 e. The Balaban J connectivity index is -0.000000966. The minimum atomic E-state index is -1.01. The monoisotopic (exact) mass is 805 g/mol. The Kier molecular flexibility index (Phi) is 60.7. The molecule has 0 radical (unpaired) electrons. The summed E-state index contributed by atoms with van der Waals surface area (Å²) in [6, 6.07) is 0. The maximum Gasteiger partial charge on any atom is 2.00 e. The molecule has 0 aromatic heterocycles. The van der Waals surface area contributed by atoms with Gasteiger partial charge in [0, 0.05) is 13.1 Å². The molecule has 0 heterocycles. The summed E-state index contributed by atoms with van der Waals surface area (Å²) in [4.78, 5) is 20.5. The molecule has 0 saturated carbocycles. The average molecular weight is 805 g/mol. The van der Waals surface area contributed by atoms with E-state index in [2.05, 4.69) is 24.5 Å². The molecular formula is C48H96CaN2O4. The summed E-state index contributed by atoms with van der Waals surface area (Å²) in [6.07, 6.45) is 55.5. The number of carbonyl (C=O) groups is 2. The van der Waals surface area contributed by atoms with Gasteiger partial charge >= 0.3 is 37.7 Å². The first-order valence-electron chi connectivity index (χ1n) is 24.4. The van der Waals surface area contributed by atoms with Gasteiger partial charge in [-0.3, -0.25) is 0 Å². The summed E-state index contributed by atoms with van der Waals surface area (Å²) < 4.78 is 0. The van der Waals surface area contributed by atoms with E-state index >= 15 is 0 Å². The van der Waals surface area contributed by atoms with Gasteiger partial charge in [0.2, 0.25) is 0 Å². The van der Waals surface area contributed by atoms with Gasteiger partial charge in [0.1, 0.15) is 0 Å². The molecule has 0 aliphatic rings. The first-order chi connectivity index (χ1) is 26.5. The molecule has 7 heteroatoms. The van der Waals surface area contributed by atoms with Crippen molar-refractivity contribution in [2.45, 2.75) is 271 Å². The summed E-state index contributed by atoms with van der Waals surface area (Å²) in [5.41, 5.74) is 0. The number of hydrogen-bond donors (Lipinski definition) is 2. The number of hydrogen-bond acceptors (Lipinski definition) is 6. The fourth-order valence-electron chi connectivity index (χ4n) is 7.39. The Morgan fingerprint density at radius 1 is 0.291 bits per heavy atom. The van der Waals surface area contributed by atoms with Crippen LogP contribution in [0.5, 0.6) is 0 Å². The van der Waals surface area contributed by atoms with Gasteiger partial charge in [-0.25, -0.2) is 0 Å². The van der Waals surface area contributed by atoms with Crippen LogP contribution in [0.15, 0.2) is 0 Å². The van der Waals surface area contributed by atoms with Crippen molar-refractivity contribution in [1.29, 1.82) is 0 Å². The molecule has 2 N–H and O–H groups in total. The predicted octanol–water partition coefficient (Wildman–Crippen LogP) is 11.9. The van der Waals surface area contributed by atoms with Gasteiger partial charge in [-0.15, -0.1) is 0 Å². The van der Waals surface area contributed by atoms with Gasteiger partial charge < -0.3 is 30.4 Å². The van der Waals surface area contributed by atoms with Crippen molar-refractivity contribution >= 4 is 49.7 Å². The summed E-state index contributed by atoms with van der Waals surface area (Å²) in [6.45, 7) is 6.14. The van der Waals surface area contributed by atoms with Gasteiger partial charge in [-0.05, 0) is 25.9 Å². The van der Waals surface area contributed by atoms with E-state index < -0.39 is 11.9 Å². The van der Waals surface area contributed by atoms with E-state index in [0.29, 0.717) is 0 Å². The Morgan fingerprint density at radius 3 is 0.582 bits per heavy atom. The SMILES string of the molecule is CCCCCCCCCCCCCCCCCCCCCCNCC(=O)[O-].CCCCCCCCCCCCCCCCCCCCCCNCC(=O)[O-].[Ca+2]. The number of carboxylic acids is 2. The molecule has 0 bridgehead atoms. The minimum absolute atomic E-state index is 0. The van der Waals surface area contributed by atoms with Crippen molar-refractivity contribution in [2.24, 2.45) is 0 Å². The van der Waals surface area contributed by atoms with Crippen LogP contribution < -0.4 is 20.8 Å². The minimum Gasteiger partial charge on any atom is -0.549 e. The zero-order valence-electron chi connectivity index (χ0n) is 37.5. The molecule has 0 saturated heterocycles. The summed E-state index contributed by atoms with van der Waals surface area (Å²) in [5, 5.41) is 26.2. The standard InChI is InChI=1S/2C24H49NO2.Ca/c2*1-2-3-4-5-6-7-8-9-10-11-12-13-14-15-16-17-18-19-20-21-22-25-23-24(26)27;/h2*25H,2-23H2,1H3,(H,26,27);/q;;+2/p-2. The number of carboxylic acid groups (broad SMARTS) is 2. The van der Waals surface area contributed by atoms with Crippen LogP contribution in [0.4, 0.5) is 0 Å². The molecule has 0 fully saturated rings. The molecule has 0 atom stereocenters. The molecular weight excluding hydrogens is 709 g/mol. The van der Waals surface area contributed by atoms with Crippen molar-refractivity contribution in [2.75, 3.05) is 26.2 Å². The third-order valence-electron chi connectivity index (χ3n) is 11.0. The number of unbranched alkanes of at least 4 members (excludes halogenated alkanes) is 38. The Bertz CT molecular complexity index is 653. The van der Waals surface area contributed by atoms with E-state index in [9.17, 15) is 19.8 Å². The number of aliphatic carboxylic acids is 2. The summed E-state index contributed by atoms with van der Waals surface area (Å²) >= 11 is 0. The van der Waals surface area contributed by atoms with Crippen molar-refractivity contribution in [3.63, 3.8) is 0 Å².